The minimum atomic E-state index is 0.168. The van der Waals surface area contributed by atoms with Crippen LogP contribution in [0.4, 0.5) is 0 Å². The highest BCUT2D eigenvalue weighted by atomic mass is 79.9. The molecule has 0 bridgehead atoms. The van der Waals surface area contributed by atoms with E-state index in [-0.39, 0.29) is 5.41 Å². The Morgan fingerprint density at radius 1 is 0.833 bits per heavy atom. The predicted molar refractivity (Wildman–Crippen MR) is 109 cm³/mol. The molecule has 0 saturated carbocycles. The van der Waals surface area contributed by atoms with Crippen molar-refractivity contribution in [2.24, 2.45) is 0 Å². The molecular formula is C23H29Br. The summed E-state index contributed by atoms with van der Waals surface area (Å²) in [6.07, 6.45) is 9.44. The molecule has 0 aliphatic heterocycles. The van der Waals surface area contributed by atoms with Gasteiger partial charge in [-0.25, -0.2) is 0 Å². The normalized spacial score (nSPS) is 18.5. The van der Waals surface area contributed by atoms with E-state index in [1.165, 1.54) is 67.2 Å². The quantitative estimate of drug-likeness (QED) is 0.324. The molecule has 2 aromatic rings. The molecule has 0 spiro atoms. The highest BCUT2D eigenvalue weighted by Crippen LogP contribution is 2.52. The third kappa shape index (κ3) is 3.20. The van der Waals surface area contributed by atoms with E-state index in [0.717, 1.165) is 5.33 Å². The van der Waals surface area contributed by atoms with Gasteiger partial charge in [0, 0.05) is 10.7 Å². The second kappa shape index (κ2) is 7.87. The zero-order valence-corrected chi connectivity index (χ0v) is 16.7. The molecule has 3 rings (SSSR count). The molecule has 0 saturated heterocycles. The average molecular weight is 385 g/mol. The molecule has 0 radical (unpaired) electrons. The van der Waals surface area contributed by atoms with Crippen LogP contribution in [0.25, 0.3) is 11.1 Å². The van der Waals surface area contributed by atoms with Crippen LogP contribution in [0, 0.1) is 0 Å². The van der Waals surface area contributed by atoms with E-state index >= 15 is 0 Å². The Bertz CT molecular complexity index is 688. The molecule has 0 fully saturated rings. The molecule has 0 heterocycles. The minimum absolute atomic E-state index is 0.168. The maximum absolute atomic E-state index is 3.72. The first-order valence-electron chi connectivity index (χ1n) is 9.50. The molecule has 1 heteroatoms. The van der Waals surface area contributed by atoms with Crippen molar-refractivity contribution in [1.82, 2.24) is 0 Å². The molecular weight excluding hydrogens is 356 g/mol. The summed E-state index contributed by atoms with van der Waals surface area (Å²) in [7, 11) is 0. The predicted octanol–water partition coefficient (Wildman–Crippen LogP) is 7.62. The molecule has 0 amide bonds. The van der Waals surface area contributed by atoms with Crippen molar-refractivity contribution < 1.29 is 0 Å². The fourth-order valence-electron chi connectivity index (χ4n) is 4.44. The lowest BCUT2D eigenvalue weighted by molar-refractivity contribution is 0.479. The number of benzene rings is 2. The van der Waals surface area contributed by atoms with E-state index in [1.807, 2.05) is 0 Å². The van der Waals surface area contributed by atoms with Crippen LogP contribution in [0.1, 0.15) is 75.5 Å². The van der Waals surface area contributed by atoms with E-state index in [2.05, 4.69) is 72.2 Å². The first kappa shape index (κ1) is 17.7. The monoisotopic (exact) mass is 384 g/mol. The number of halogens is 1. The number of alkyl halides is 1. The molecule has 1 aliphatic carbocycles. The Hall–Kier alpha value is -1.08. The van der Waals surface area contributed by atoms with Crippen LogP contribution in [-0.2, 0) is 10.7 Å². The van der Waals surface area contributed by atoms with Gasteiger partial charge in [-0.05, 0) is 34.2 Å². The maximum Gasteiger partial charge on any atom is 0.0286 e. The second-order valence-corrected chi connectivity index (χ2v) is 7.93. The number of hydrogen-bond acceptors (Lipinski definition) is 0. The molecule has 2 aromatic carbocycles. The summed E-state index contributed by atoms with van der Waals surface area (Å²) in [4.78, 5) is 0. The van der Waals surface area contributed by atoms with Crippen LogP contribution < -0.4 is 0 Å². The summed E-state index contributed by atoms with van der Waals surface area (Å²) >= 11 is 3.72. The van der Waals surface area contributed by atoms with Crippen LogP contribution in [-0.4, -0.2) is 0 Å². The summed E-state index contributed by atoms with van der Waals surface area (Å²) in [6.45, 7) is 4.76. The lowest BCUT2D eigenvalue weighted by Crippen LogP contribution is -2.22. The van der Waals surface area contributed by atoms with Crippen LogP contribution in [0.2, 0.25) is 0 Å². The SMILES string of the molecule is CCCCCCCCC1(C)c2ccccc2-c2cccc(CBr)c21. The van der Waals surface area contributed by atoms with Gasteiger partial charge in [-0.3, -0.25) is 0 Å². The number of rotatable bonds is 8. The largest absolute Gasteiger partial charge is 0.0876 e. The first-order valence-corrected chi connectivity index (χ1v) is 10.6. The fourth-order valence-corrected chi connectivity index (χ4v) is 4.91. The molecule has 0 nitrogen and oxygen atoms in total. The summed E-state index contributed by atoms with van der Waals surface area (Å²) in [5.41, 5.74) is 7.62. The summed E-state index contributed by atoms with van der Waals surface area (Å²) in [5.74, 6) is 0. The zero-order chi connectivity index (χ0) is 17.0. The topological polar surface area (TPSA) is 0 Å². The van der Waals surface area contributed by atoms with Crippen molar-refractivity contribution in [3.63, 3.8) is 0 Å². The molecule has 128 valence electrons. The van der Waals surface area contributed by atoms with E-state index in [0.29, 0.717) is 0 Å². The lowest BCUT2D eigenvalue weighted by Gasteiger charge is -2.29. The molecule has 1 aliphatic rings. The van der Waals surface area contributed by atoms with Crippen molar-refractivity contribution in [1.29, 1.82) is 0 Å². The van der Waals surface area contributed by atoms with Gasteiger partial charge in [0.2, 0.25) is 0 Å². The molecule has 1 unspecified atom stereocenters. The summed E-state index contributed by atoms with van der Waals surface area (Å²) < 4.78 is 0. The van der Waals surface area contributed by atoms with Crippen molar-refractivity contribution in [2.45, 2.75) is 69.5 Å². The van der Waals surface area contributed by atoms with Crippen molar-refractivity contribution >= 4 is 15.9 Å². The van der Waals surface area contributed by atoms with Gasteiger partial charge in [0.25, 0.3) is 0 Å². The highest BCUT2D eigenvalue weighted by molar-refractivity contribution is 9.08. The minimum Gasteiger partial charge on any atom is -0.0876 e. The van der Waals surface area contributed by atoms with Crippen LogP contribution in [0.3, 0.4) is 0 Å². The summed E-state index contributed by atoms with van der Waals surface area (Å²) in [6, 6.07) is 15.9. The van der Waals surface area contributed by atoms with Gasteiger partial charge in [0.05, 0.1) is 0 Å². The number of hydrogen-bond donors (Lipinski definition) is 0. The van der Waals surface area contributed by atoms with Gasteiger partial charge in [-0.2, -0.15) is 0 Å². The maximum atomic E-state index is 3.72. The van der Waals surface area contributed by atoms with Gasteiger partial charge in [-0.15, -0.1) is 0 Å². The third-order valence-corrected chi connectivity index (χ3v) is 6.29. The van der Waals surface area contributed by atoms with Crippen molar-refractivity contribution in [3.05, 3.63) is 59.2 Å². The Morgan fingerprint density at radius 2 is 1.54 bits per heavy atom. The Labute approximate surface area is 155 Å². The third-order valence-electron chi connectivity index (χ3n) is 5.69. The number of fused-ring (bicyclic) bond motifs is 3. The first-order chi connectivity index (χ1) is 11.7. The van der Waals surface area contributed by atoms with Gasteiger partial charge in [-0.1, -0.05) is 111 Å². The van der Waals surface area contributed by atoms with E-state index in [9.17, 15) is 0 Å². The Balaban J connectivity index is 1.87. The van der Waals surface area contributed by atoms with Crippen LogP contribution in [0.5, 0.6) is 0 Å². The second-order valence-electron chi connectivity index (χ2n) is 7.37. The molecule has 0 N–H and O–H groups in total. The molecule has 24 heavy (non-hydrogen) atoms. The standard InChI is InChI=1S/C23H29Br/c1-3-4-5-6-7-10-16-23(2)21-15-9-8-13-19(21)20-14-11-12-18(17-24)22(20)23/h8-9,11-15H,3-7,10,16-17H2,1-2H3. The molecule has 1 atom stereocenters. The van der Waals surface area contributed by atoms with E-state index in [4.69, 9.17) is 0 Å². The Morgan fingerprint density at radius 3 is 2.33 bits per heavy atom. The zero-order valence-electron chi connectivity index (χ0n) is 15.1. The highest BCUT2D eigenvalue weighted by Gasteiger charge is 2.39. The van der Waals surface area contributed by atoms with Gasteiger partial charge in [0.15, 0.2) is 0 Å². The fraction of sp³-hybridized carbons (Fsp3) is 0.478. The molecule has 0 aromatic heterocycles. The summed E-state index contributed by atoms with van der Waals surface area (Å²) in [5, 5.41) is 0.941. The average Bonchev–Trinajstić information content (AvgIpc) is 2.88. The smallest absolute Gasteiger partial charge is 0.0286 e. The van der Waals surface area contributed by atoms with E-state index < -0.39 is 0 Å². The number of unbranched alkanes of at least 4 members (excludes halogenated alkanes) is 5. The van der Waals surface area contributed by atoms with Crippen molar-refractivity contribution in [2.75, 3.05) is 0 Å². The van der Waals surface area contributed by atoms with Crippen LogP contribution in [0.15, 0.2) is 42.5 Å². The van der Waals surface area contributed by atoms with Crippen molar-refractivity contribution in [3.8, 4) is 11.1 Å². The van der Waals surface area contributed by atoms with E-state index in [1.54, 1.807) is 5.56 Å². The lowest BCUT2D eigenvalue weighted by atomic mass is 9.74. The van der Waals surface area contributed by atoms with Gasteiger partial charge < -0.3 is 0 Å². The Kier molecular flexibility index (Phi) is 5.81. The van der Waals surface area contributed by atoms with Crippen LogP contribution >= 0.6 is 15.9 Å². The van der Waals surface area contributed by atoms with Gasteiger partial charge in [0.1, 0.15) is 0 Å². The van der Waals surface area contributed by atoms with Gasteiger partial charge >= 0.3 is 0 Å².